The zero-order valence-corrected chi connectivity index (χ0v) is 2.97. The van der Waals surface area contributed by atoms with Crippen molar-refractivity contribution in [3.8, 4) is 6.57 Å². The lowest BCUT2D eigenvalue weighted by Gasteiger charge is -1.21. The van der Waals surface area contributed by atoms with Gasteiger partial charge in [0.1, 0.15) is 0 Å². The fourth-order valence-corrected chi connectivity index (χ4v) is 0. The number of nitrogens with zero attached hydrogens (tertiary/aromatic N) is 1. The number of nitriles is 1. The van der Waals surface area contributed by atoms with Crippen LogP contribution < -0.4 is 0 Å². The van der Waals surface area contributed by atoms with E-state index in [1.807, 2.05) is 0 Å². The van der Waals surface area contributed by atoms with Crippen molar-refractivity contribution in [1.29, 1.82) is 5.26 Å². The predicted molar refractivity (Wildman–Crippen MR) is 18.4 cm³/mol. The average Bonchev–Trinajstić information content (AvgIpc) is 1.50. The van der Waals surface area contributed by atoms with Gasteiger partial charge in [0.25, 0.3) is 0 Å². The molecule has 3 N–H and O–H groups in total. The Hall–Kier alpha value is -0.590. The van der Waals surface area contributed by atoms with Gasteiger partial charge >= 0.3 is 0 Å². The minimum Gasteiger partial charge on any atom is -0.412 e. The summed E-state index contributed by atoms with van der Waals surface area (Å²) in [6, 6.07) is 0. The Bertz CT molecular complexity index is 12.4. The molecule has 3 nitrogen and oxygen atoms in total. The monoisotopic (exact) mass is 77.0 g/mol. The summed E-state index contributed by atoms with van der Waals surface area (Å²) >= 11 is 0. The molecule has 0 aromatic rings. The molecular formula is C2H7NO2. The molecule has 5 heavy (non-hydrogen) atoms. The van der Waals surface area contributed by atoms with Crippen molar-refractivity contribution >= 4 is 0 Å². The molecule has 0 radical (unpaired) electrons. The second-order valence-corrected chi connectivity index (χ2v) is 0. The van der Waals surface area contributed by atoms with Gasteiger partial charge in [-0.1, -0.05) is 0 Å². The molecule has 0 spiro atoms. The van der Waals surface area contributed by atoms with E-state index in [1.165, 1.54) is 0 Å². The molecule has 0 saturated heterocycles. The van der Waals surface area contributed by atoms with E-state index in [0.29, 0.717) is 0 Å². The van der Waals surface area contributed by atoms with Crippen LogP contribution in [0.5, 0.6) is 0 Å². The van der Waals surface area contributed by atoms with E-state index in [0.717, 1.165) is 7.11 Å². The maximum atomic E-state index is 7.00. The van der Waals surface area contributed by atoms with E-state index in [1.54, 1.807) is 0 Å². The first-order chi connectivity index (χ1) is 2.00. The van der Waals surface area contributed by atoms with Crippen LogP contribution in [0.15, 0.2) is 0 Å². The molecule has 0 rings (SSSR count). The Morgan fingerprint density at radius 2 is 1.40 bits per heavy atom. The Morgan fingerprint density at radius 1 is 1.40 bits per heavy atom. The SMILES string of the molecule is C#N.CO.O. The van der Waals surface area contributed by atoms with Crippen molar-refractivity contribution in [2.45, 2.75) is 0 Å². The molecule has 3 heteroatoms. The topological polar surface area (TPSA) is 75.5 Å². The quantitative estimate of drug-likeness (QED) is 0.399. The fraction of sp³-hybridized carbons (Fsp3) is 0.500. The summed E-state index contributed by atoms with van der Waals surface area (Å²) in [5.41, 5.74) is 0. The van der Waals surface area contributed by atoms with Crippen molar-refractivity contribution in [3.63, 3.8) is 0 Å². The zero-order valence-electron chi connectivity index (χ0n) is 2.97. The molecule has 0 heterocycles. The van der Waals surface area contributed by atoms with Crippen LogP contribution in [-0.2, 0) is 0 Å². The van der Waals surface area contributed by atoms with Gasteiger partial charge in [-0.3, -0.25) is 0 Å². The third-order valence-corrected chi connectivity index (χ3v) is 0. The fourth-order valence-electron chi connectivity index (χ4n) is 0. The predicted octanol–water partition coefficient (Wildman–Crippen LogP) is -1.08. The van der Waals surface area contributed by atoms with Gasteiger partial charge in [0, 0.05) is 13.7 Å². The Kier molecular flexibility index (Phi) is 294. The van der Waals surface area contributed by atoms with Crippen molar-refractivity contribution < 1.29 is 10.6 Å². The molecular weight excluding hydrogens is 70.0 g/mol. The molecule has 0 saturated carbocycles. The number of hydrogen-bond donors (Lipinski definition) is 1. The first-order valence-electron chi connectivity index (χ1n) is 0.705. The van der Waals surface area contributed by atoms with E-state index in [2.05, 4.69) is 6.57 Å². The Balaban J connectivity index is -0.0000000133. The van der Waals surface area contributed by atoms with Crippen molar-refractivity contribution in [3.05, 3.63) is 0 Å². The van der Waals surface area contributed by atoms with E-state index in [-0.39, 0.29) is 5.48 Å². The highest BCUT2D eigenvalue weighted by Gasteiger charge is 0.839. The van der Waals surface area contributed by atoms with Crippen LogP contribution in [0.1, 0.15) is 0 Å². The third kappa shape index (κ3) is 19.5. The van der Waals surface area contributed by atoms with Gasteiger partial charge in [0.05, 0.1) is 0 Å². The summed E-state index contributed by atoms with van der Waals surface area (Å²) < 4.78 is 0. The minimum absolute atomic E-state index is 0. The largest absolute Gasteiger partial charge is 0.412 e. The maximum absolute atomic E-state index is 7.00. The molecule has 0 amide bonds. The lowest BCUT2D eigenvalue weighted by molar-refractivity contribution is 0.399. The summed E-state index contributed by atoms with van der Waals surface area (Å²) in [6.45, 7) is 3.50. The minimum atomic E-state index is 0. The van der Waals surface area contributed by atoms with Gasteiger partial charge in [-0.25, -0.2) is 5.26 Å². The Labute approximate surface area is 30.8 Å². The van der Waals surface area contributed by atoms with Gasteiger partial charge in [-0.2, -0.15) is 0 Å². The van der Waals surface area contributed by atoms with Crippen LogP contribution >= 0.6 is 0 Å². The highest BCUT2D eigenvalue weighted by atomic mass is 16.2. The van der Waals surface area contributed by atoms with Gasteiger partial charge < -0.3 is 10.6 Å². The van der Waals surface area contributed by atoms with Gasteiger partial charge in [0.2, 0.25) is 0 Å². The first kappa shape index (κ1) is 25.8. The van der Waals surface area contributed by atoms with Gasteiger partial charge in [-0.15, -0.1) is 0 Å². The molecule has 0 bridgehead atoms. The van der Waals surface area contributed by atoms with Crippen LogP contribution in [0.3, 0.4) is 0 Å². The molecule has 32 valence electrons. The smallest absolute Gasteiger partial charge is 0.0462 e. The normalized spacial score (nSPS) is 1.60. The van der Waals surface area contributed by atoms with E-state index in [4.69, 9.17) is 10.4 Å². The zero-order chi connectivity index (χ0) is 4.00. The summed E-state index contributed by atoms with van der Waals surface area (Å²) in [7, 11) is 1.00. The molecule has 0 aromatic carbocycles. The lowest BCUT2D eigenvalue weighted by Crippen LogP contribution is -1.25. The number of aliphatic hydroxyl groups is 1. The van der Waals surface area contributed by atoms with Gasteiger partial charge in [0.15, 0.2) is 0 Å². The van der Waals surface area contributed by atoms with Crippen molar-refractivity contribution in [2.24, 2.45) is 0 Å². The van der Waals surface area contributed by atoms with Gasteiger partial charge in [-0.05, 0) is 0 Å². The highest BCUT2D eigenvalue weighted by molar-refractivity contribution is 4.03. The molecule has 0 unspecified atom stereocenters. The molecule has 0 aromatic heterocycles. The summed E-state index contributed by atoms with van der Waals surface area (Å²) in [5, 5.41) is 13.5. The molecule has 0 aliphatic heterocycles. The number of rotatable bonds is 0. The lowest BCUT2D eigenvalue weighted by atomic mass is 11.8. The van der Waals surface area contributed by atoms with Crippen LogP contribution in [0.2, 0.25) is 0 Å². The summed E-state index contributed by atoms with van der Waals surface area (Å²) in [5.74, 6) is 0. The Morgan fingerprint density at radius 3 is 1.40 bits per heavy atom. The first-order valence-corrected chi connectivity index (χ1v) is 0.705. The number of hydrogen-bond acceptors (Lipinski definition) is 2. The second-order valence-electron chi connectivity index (χ2n) is 0. The van der Waals surface area contributed by atoms with Crippen LogP contribution in [-0.4, -0.2) is 17.7 Å². The maximum Gasteiger partial charge on any atom is 0.0462 e. The average molecular weight is 77.1 g/mol. The van der Waals surface area contributed by atoms with E-state index >= 15 is 0 Å². The van der Waals surface area contributed by atoms with Crippen LogP contribution in [0.25, 0.3) is 0 Å². The summed E-state index contributed by atoms with van der Waals surface area (Å²) in [6.07, 6.45) is 0. The van der Waals surface area contributed by atoms with E-state index < -0.39 is 0 Å². The molecule has 0 fully saturated rings. The summed E-state index contributed by atoms with van der Waals surface area (Å²) in [4.78, 5) is 0. The van der Waals surface area contributed by atoms with E-state index in [9.17, 15) is 0 Å². The standard InChI is InChI=1S/CHN.CH4O.H2O/c2*1-2;/h1H;2H,1H3;1H2. The molecule has 0 aliphatic carbocycles. The van der Waals surface area contributed by atoms with Crippen LogP contribution in [0, 0.1) is 11.8 Å². The second kappa shape index (κ2) is 56.9. The van der Waals surface area contributed by atoms with Crippen LogP contribution in [0.4, 0.5) is 0 Å². The number of aliphatic hydroxyl groups excluding tert-OH is 1. The molecule has 0 aliphatic rings. The van der Waals surface area contributed by atoms with Crippen molar-refractivity contribution in [2.75, 3.05) is 7.11 Å². The third-order valence-electron chi connectivity index (χ3n) is 0. The van der Waals surface area contributed by atoms with Crippen molar-refractivity contribution in [1.82, 2.24) is 0 Å². The molecule has 0 atom stereocenters. The highest BCUT2D eigenvalue weighted by Crippen LogP contribution is 0.755.